The Morgan fingerprint density at radius 3 is 2.89 bits per heavy atom. The van der Waals surface area contributed by atoms with Gasteiger partial charge in [-0.25, -0.2) is 15.0 Å². The number of nitrogens with zero attached hydrogens (tertiary/aromatic N) is 6. The van der Waals surface area contributed by atoms with Gasteiger partial charge in [-0.15, -0.1) is 0 Å². The molecule has 1 aliphatic rings. The fourth-order valence-corrected chi connectivity index (χ4v) is 2.85. The molecule has 1 aliphatic heterocycles. The lowest BCUT2D eigenvalue weighted by Gasteiger charge is -2.16. The van der Waals surface area contributed by atoms with E-state index in [1.54, 1.807) is 24.7 Å². The molecule has 0 radical (unpaired) electrons. The zero-order chi connectivity index (χ0) is 18.8. The Morgan fingerprint density at radius 1 is 1.26 bits per heavy atom. The van der Waals surface area contributed by atoms with Crippen molar-refractivity contribution in [1.29, 1.82) is 0 Å². The summed E-state index contributed by atoms with van der Waals surface area (Å²) in [7, 11) is 0. The van der Waals surface area contributed by atoms with Crippen molar-refractivity contribution in [2.75, 3.05) is 12.0 Å². The first kappa shape index (κ1) is 17.4. The number of imidazole rings is 1. The largest absolute Gasteiger partial charge is 0.394 e. The van der Waals surface area contributed by atoms with E-state index in [1.165, 1.54) is 17.2 Å². The van der Waals surface area contributed by atoms with E-state index in [-0.39, 0.29) is 0 Å². The second kappa shape index (κ2) is 7.32. The molecule has 140 valence electrons. The summed E-state index contributed by atoms with van der Waals surface area (Å²) in [5.41, 5.74) is 4.42. The molecule has 11 nitrogen and oxygen atoms in total. The van der Waals surface area contributed by atoms with E-state index in [1.807, 2.05) is 6.07 Å². The monoisotopic (exact) mass is 371 g/mol. The van der Waals surface area contributed by atoms with E-state index in [9.17, 15) is 15.3 Å². The molecule has 4 atom stereocenters. The average molecular weight is 371 g/mol. The molecular formula is C16H17N7O4. The van der Waals surface area contributed by atoms with Crippen LogP contribution in [0.1, 0.15) is 11.8 Å². The molecule has 3 aromatic rings. The van der Waals surface area contributed by atoms with Gasteiger partial charge in [-0.3, -0.25) is 15.0 Å². The van der Waals surface area contributed by atoms with Crippen LogP contribution in [0.3, 0.4) is 0 Å². The normalized spacial score (nSPS) is 25.4. The van der Waals surface area contributed by atoms with E-state index in [2.05, 4.69) is 30.5 Å². The van der Waals surface area contributed by atoms with Crippen molar-refractivity contribution in [2.24, 2.45) is 5.10 Å². The van der Waals surface area contributed by atoms with Crippen LogP contribution in [0.25, 0.3) is 11.2 Å². The number of aliphatic hydroxyl groups excluding tert-OH is 3. The fourth-order valence-electron chi connectivity index (χ4n) is 2.85. The molecule has 0 saturated carbocycles. The van der Waals surface area contributed by atoms with Crippen LogP contribution >= 0.6 is 0 Å². The lowest BCUT2D eigenvalue weighted by Crippen LogP contribution is -2.33. The third-order valence-corrected chi connectivity index (χ3v) is 4.22. The molecule has 27 heavy (non-hydrogen) atoms. The summed E-state index contributed by atoms with van der Waals surface area (Å²) < 4.78 is 7.00. The molecule has 4 N–H and O–H groups in total. The van der Waals surface area contributed by atoms with Crippen molar-refractivity contribution < 1.29 is 20.1 Å². The van der Waals surface area contributed by atoms with Gasteiger partial charge in [0.2, 0.25) is 0 Å². The maximum absolute atomic E-state index is 10.2. The summed E-state index contributed by atoms with van der Waals surface area (Å²) in [6.45, 7) is -0.411. The topological polar surface area (TPSA) is 151 Å². The molecule has 0 spiro atoms. The molecule has 3 aromatic heterocycles. The number of nitrogens with one attached hydrogen (secondary N) is 1. The van der Waals surface area contributed by atoms with Crippen molar-refractivity contribution >= 4 is 23.2 Å². The highest BCUT2D eigenvalue weighted by atomic mass is 16.6. The Labute approximate surface area is 153 Å². The second-order valence-corrected chi connectivity index (χ2v) is 5.93. The second-order valence-electron chi connectivity index (χ2n) is 5.93. The van der Waals surface area contributed by atoms with Crippen LogP contribution in [0.5, 0.6) is 0 Å². The molecule has 0 aromatic carbocycles. The van der Waals surface area contributed by atoms with E-state index < -0.39 is 31.1 Å². The maximum atomic E-state index is 10.2. The maximum Gasteiger partial charge on any atom is 0.177 e. The highest BCUT2D eigenvalue weighted by molar-refractivity contribution is 5.84. The Morgan fingerprint density at radius 2 is 2.15 bits per heavy atom. The standard InChI is InChI=1S/C16H17N7O4/c24-6-10-12(25)13(26)16(27-10)23-8-20-11-14(18-7-19-15(11)23)22-21-5-9-2-1-3-17-4-9/h1-5,7-8,10,12-13,16,24-26H,6H2,(H,18,19,22)/b21-5+/t10-,12-,13-,16-/m1/s1. The van der Waals surface area contributed by atoms with Gasteiger partial charge < -0.3 is 20.1 Å². The molecule has 1 fully saturated rings. The number of anilines is 1. The summed E-state index contributed by atoms with van der Waals surface area (Å²) in [6.07, 6.45) is 3.43. The molecule has 0 amide bonds. The third kappa shape index (κ3) is 3.24. The fraction of sp³-hybridized carbons (Fsp3) is 0.312. The zero-order valence-electron chi connectivity index (χ0n) is 14.0. The van der Waals surface area contributed by atoms with Crippen molar-refractivity contribution in [2.45, 2.75) is 24.5 Å². The predicted octanol–water partition coefficient (Wildman–Crippen LogP) is -0.721. The SMILES string of the molecule is OC[C@H]1O[C@@H](n2cnc3c(N/N=C/c4cccnc4)ncnc32)[C@H](O)[C@@H]1O. The summed E-state index contributed by atoms with van der Waals surface area (Å²) in [4.78, 5) is 16.5. The van der Waals surface area contributed by atoms with Gasteiger partial charge in [-0.1, -0.05) is 6.07 Å². The van der Waals surface area contributed by atoms with E-state index >= 15 is 0 Å². The van der Waals surface area contributed by atoms with Crippen LogP contribution in [-0.4, -0.2) is 71.0 Å². The Balaban J connectivity index is 1.60. The number of rotatable bonds is 5. The van der Waals surface area contributed by atoms with Gasteiger partial charge in [-0.2, -0.15) is 5.10 Å². The average Bonchev–Trinajstić information content (AvgIpc) is 3.25. The van der Waals surface area contributed by atoms with Crippen LogP contribution in [0.15, 0.2) is 42.3 Å². The zero-order valence-corrected chi connectivity index (χ0v) is 14.0. The molecule has 1 saturated heterocycles. The minimum absolute atomic E-state index is 0.366. The number of ether oxygens (including phenoxy) is 1. The molecule has 11 heteroatoms. The van der Waals surface area contributed by atoms with Crippen molar-refractivity contribution in [3.8, 4) is 0 Å². The summed E-state index contributed by atoms with van der Waals surface area (Å²) >= 11 is 0. The van der Waals surface area contributed by atoms with Crippen LogP contribution in [-0.2, 0) is 4.74 Å². The Kier molecular flexibility index (Phi) is 4.73. The van der Waals surface area contributed by atoms with Gasteiger partial charge in [0.05, 0.1) is 19.1 Å². The highest BCUT2D eigenvalue weighted by Gasteiger charge is 2.44. The molecule has 4 rings (SSSR count). The number of aromatic nitrogens is 5. The minimum Gasteiger partial charge on any atom is -0.394 e. The van der Waals surface area contributed by atoms with E-state index in [4.69, 9.17) is 4.74 Å². The smallest absolute Gasteiger partial charge is 0.177 e. The summed E-state index contributed by atoms with van der Waals surface area (Å²) in [6, 6.07) is 3.65. The first-order chi connectivity index (χ1) is 13.2. The Hall–Kier alpha value is -2.99. The Bertz CT molecular complexity index is 948. The lowest BCUT2D eigenvalue weighted by atomic mass is 10.1. The number of hydrogen-bond acceptors (Lipinski definition) is 10. The van der Waals surface area contributed by atoms with Crippen molar-refractivity contribution in [3.05, 3.63) is 42.7 Å². The van der Waals surface area contributed by atoms with Gasteiger partial charge in [0, 0.05) is 18.0 Å². The number of hydrazone groups is 1. The van der Waals surface area contributed by atoms with Crippen molar-refractivity contribution in [1.82, 2.24) is 24.5 Å². The number of pyridine rings is 1. The van der Waals surface area contributed by atoms with Crippen LogP contribution in [0, 0.1) is 0 Å². The summed E-state index contributed by atoms with van der Waals surface area (Å²) in [5.74, 6) is 0.366. The molecule has 0 unspecified atom stereocenters. The molecular weight excluding hydrogens is 354 g/mol. The van der Waals surface area contributed by atoms with Crippen LogP contribution in [0.2, 0.25) is 0 Å². The molecule has 0 aliphatic carbocycles. The van der Waals surface area contributed by atoms with Crippen LogP contribution < -0.4 is 5.43 Å². The molecule has 4 heterocycles. The van der Waals surface area contributed by atoms with Gasteiger partial charge in [0.1, 0.15) is 24.6 Å². The first-order valence-corrected chi connectivity index (χ1v) is 8.18. The predicted molar refractivity (Wildman–Crippen MR) is 93.8 cm³/mol. The highest BCUT2D eigenvalue weighted by Crippen LogP contribution is 2.31. The van der Waals surface area contributed by atoms with Gasteiger partial charge in [-0.05, 0) is 6.07 Å². The van der Waals surface area contributed by atoms with Gasteiger partial charge in [0.15, 0.2) is 23.2 Å². The van der Waals surface area contributed by atoms with Crippen molar-refractivity contribution in [3.63, 3.8) is 0 Å². The van der Waals surface area contributed by atoms with Crippen LogP contribution in [0.4, 0.5) is 5.82 Å². The first-order valence-electron chi connectivity index (χ1n) is 8.18. The van der Waals surface area contributed by atoms with Gasteiger partial charge >= 0.3 is 0 Å². The minimum atomic E-state index is -1.23. The lowest BCUT2D eigenvalue weighted by molar-refractivity contribution is -0.0511. The number of fused-ring (bicyclic) bond motifs is 1. The summed E-state index contributed by atoms with van der Waals surface area (Å²) in [5, 5.41) is 33.5. The van der Waals surface area contributed by atoms with Gasteiger partial charge in [0.25, 0.3) is 0 Å². The van der Waals surface area contributed by atoms with E-state index in [0.717, 1.165) is 5.56 Å². The number of aliphatic hydroxyl groups is 3. The van der Waals surface area contributed by atoms with E-state index in [0.29, 0.717) is 17.0 Å². The third-order valence-electron chi connectivity index (χ3n) is 4.22. The molecule has 0 bridgehead atoms. The number of hydrogen-bond donors (Lipinski definition) is 4. The quantitative estimate of drug-likeness (QED) is 0.336.